The van der Waals surface area contributed by atoms with Crippen molar-refractivity contribution in [2.45, 2.75) is 148 Å². The minimum absolute atomic E-state index is 0.0634. The molecule has 0 fully saturated rings. The fourth-order valence-corrected chi connectivity index (χ4v) is 5.40. The molecule has 3 N–H and O–H groups in total. The summed E-state index contributed by atoms with van der Waals surface area (Å²) in [6.45, 7) is 3.35. The Labute approximate surface area is 310 Å². The number of ether oxygens (including phenoxy) is 1. The average Bonchev–Trinajstić information content (AvgIpc) is 3.11. The summed E-state index contributed by atoms with van der Waals surface area (Å²) >= 11 is 0. The highest BCUT2D eigenvalue weighted by Gasteiger charge is 2.23. The Balaban J connectivity index is 3.75. The molecule has 0 aromatic carbocycles. The van der Waals surface area contributed by atoms with E-state index in [2.05, 4.69) is 86.0 Å². The number of allylic oxidation sites excluding steroid dienone is 12. The van der Waals surface area contributed by atoms with Gasteiger partial charge in [-0.15, -0.1) is 0 Å². The Morgan fingerprint density at radius 1 is 0.608 bits per heavy atom. The molecule has 0 bridgehead atoms. The number of aliphatic hydroxyl groups excluding tert-OH is 1. The van der Waals surface area contributed by atoms with E-state index in [0.717, 1.165) is 77.0 Å². The maximum atomic E-state index is 12.1. The lowest BCUT2D eigenvalue weighted by Gasteiger charge is -2.15. The van der Waals surface area contributed by atoms with Gasteiger partial charge in [-0.25, -0.2) is 4.57 Å². The predicted octanol–water partition coefficient (Wildman–Crippen LogP) is 10.3. The zero-order chi connectivity index (χ0) is 37.5. The minimum atomic E-state index is -4.43. The number of hydrogen-bond acceptors (Lipinski definition) is 7. The van der Waals surface area contributed by atoms with Gasteiger partial charge in [0, 0.05) is 19.4 Å². The molecule has 2 atom stereocenters. The van der Waals surface area contributed by atoms with Crippen molar-refractivity contribution in [3.05, 3.63) is 72.9 Å². The largest absolute Gasteiger partial charge is 0.472 e. The number of carbonyl (C=O) groups is 2. The van der Waals surface area contributed by atoms with E-state index < -0.39 is 26.5 Å². The van der Waals surface area contributed by atoms with Crippen molar-refractivity contribution in [1.29, 1.82) is 0 Å². The molecule has 0 saturated heterocycles. The van der Waals surface area contributed by atoms with E-state index in [-0.39, 0.29) is 32.1 Å². The minimum Gasteiger partial charge on any atom is -0.463 e. The molecular formula is C41H70NO8P. The molecule has 1 amide bonds. The van der Waals surface area contributed by atoms with Crippen LogP contribution in [0.15, 0.2) is 72.9 Å². The SMILES string of the molecule is CCC/C=C\C/C=C\CCCCCCCC(=O)NCCOP(=O)(O)OCC(O)COC(=O)CCC/C=C\C/C=C\C/C=C\C/C=C\CCCCC. The number of amides is 1. The molecule has 0 heterocycles. The van der Waals surface area contributed by atoms with Crippen LogP contribution in [0.25, 0.3) is 0 Å². The summed E-state index contributed by atoms with van der Waals surface area (Å²) in [7, 11) is -4.43. The summed E-state index contributed by atoms with van der Waals surface area (Å²) in [5, 5.41) is 12.6. The third-order valence-electron chi connectivity index (χ3n) is 7.59. The molecule has 0 radical (unpaired) electrons. The molecule has 0 aliphatic rings. The van der Waals surface area contributed by atoms with Gasteiger partial charge < -0.3 is 20.1 Å². The van der Waals surface area contributed by atoms with Gasteiger partial charge in [0.25, 0.3) is 0 Å². The molecule has 0 spiro atoms. The van der Waals surface area contributed by atoms with Gasteiger partial charge in [-0.2, -0.15) is 0 Å². The number of hydrogen-bond donors (Lipinski definition) is 3. The Bertz CT molecular complexity index is 1070. The zero-order valence-corrected chi connectivity index (χ0v) is 32.7. The first-order valence-corrected chi connectivity index (χ1v) is 20.9. The molecule has 10 heteroatoms. The lowest BCUT2D eigenvalue weighted by molar-refractivity contribution is -0.147. The Hall–Kier alpha value is -2.55. The van der Waals surface area contributed by atoms with Crippen molar-refractivity contribution in [1.82, 2.24) is 5.32 Å². The van der Waals surface area contributed by atoms with Gasteiger partial charge in [0.2, 0.25) is 5.91 Å². The van der Waals surface area contributed by atoms with Crippen LogP contribution in [0.3, 0.4) is 0 Å². The number of nitrogens with one attached hydrogen (secondary N) is 1. The highest BCUT2D eigenvalue weighted by atomic mass is 31.2. The van der Waals surface area contributed by atoms with E-state index in [1.807, 2.05) is 6.08 Å². The third-order valence-corrected chi connectivity index (χ3v) is 8.57. The topological polar surface area (TPSA) is 131 Å². The van der Waals surface area contributed by atoms with Crippen molar-refractivity contribution >= 4 is 19.7 Å². The Kier molecular flexibility index (Phi) is 35.4. The van der Waals surface area contributed by atoms with Crippen LogP contribution in [0.5, 0.6) is 0 Å². The zero-order valence-electron chi connectivity index (χ0n) is 31.8. The van der Waals surface area contributed by atoms with Crippen molar-refractivity contribution in [2.24, 2.45) is 0 Å². The number of phosphoric acid groups is 1. The number of aliphatic hydroxyl groups is 1. The lowest BCUT2D eigenvalue weighted by Crippen LogP contribution is -2.27. The second-order valence-electron chi connectivity index (χ2n) is 12.5. The first-order chi connectivity index (χ1) is 24.8. The summed E-state index contributed by atoms with van der Waals surface area (Å²) in [6, 6.07) is 0. The molecule has 2 unspecified atom stereocenters. The average molecular weight is 736 g/mol. The van der Waals surface area contributed by atoms with Gasteiger partial charge in [-0.1, -0.05) is 125 Å². The molecule has 0 rings (SSSR count). The summed E-state index contributed by atoms with van der Waals surface area (Å²) in [6.07, 6.45) is 44.1. The van der Waals surface area contributed by atoms with Crippen molar-refractivity contribution in [3.63, 3.8) is 0 Å². The number of carbonyl (C=O) groups excluding carboxylic acids is 2. The molecule has 0 aromatic rings. The van der Waals surface area contributed by atoms with Crippen LogP contribution in [0.1, 0.15) is 142 Å². The van der Waals surface area contributed by atoms with Crippen LogP contribution in [-0.4, -0.2) is 54.3 Å². The Morgan fingerprint density at radius 2 is 1.12 bits per heavy atom. The summed E-state index contributed by atoms with van der Waals surface area (Å²) in [4.78, 5) is 33.7. The molecule has 51 heavy (non-hydrogen) atoms. The van der Waals surface area contributed by atoms with Crippen molar-refractivity contribution in [3.8, 4) is 0 Å². The highest BCUT2D eigenvalue weighted by molar-refractivity contribution is 7.47. The van der Waals surface area contributed by atoms with Crippen LogP contribution in [-0.2, 0) is 27.9 Å². The predicted molar refractivity (Wildman–Crippen MR) is 210 cm³/mol. The van der Waals surface area contributed by atoms with Crippen molar-refractivity contribution < 1.29 is 37.9 Å². The van der Waals surface area contributed by atoms with Crippen LogP contribution in [0, 0.1) is 0 Å². The van der Waals surface area contributed by atoms with Gasteiger partial charge in [0.15, 0.2) is 0 Å². The quantitative estimate of drug-likeness (QED) is 0.0254. The molecule has 0 aliphatic heterocycles. The molecule has 0 saturated carbocycles. The van der Waals surface area contributed by atoms with E-state index in [4.69, 9.17) is 13.8 Å². The third kappa shape index (κ3) is 38.5. The maximum Gasteiger partial charge on any atom is 0.472 e. The van der Waals surface area contributed by atoms with E-state index >= 15 is 0 Å². The van der Waals surface area contributed by atoms with Crippen LogP contribution in [0.2, 0.25) is 0 Å². The number of esters is 1. The van der Waals surface area contributed by atoms with E-state index in [1.165, 1.54) is 32.1 Å². The summed E-state index contributed by atoms with van der Waals surface area (Å²) in [5.41, 5.74) is 0. The van der Waals surface area contributed by atoms with Crippen LogP contribution in [0.4, 0.5) is 0 Å². The van der Waals surface area contributed by atoms with Gasteiger partial charge in [0.05, 0.1) is 13.2 Å². The summed E-state index contributed by atoms with van der Waals surface area (Å²) in [5.74, 6) is -0.596. The lowest BCUT2D eigenvalue weighted by atomic mass is 10.1. The highest BCUT2D eigenvalue weighted by Crippen LogP contribution is 2.42. The first kappa shape index (κ1) is 48.5. The molecule has 292 valence electrons. The van der Waals surface area contributed by atoms with Crippen molar-refractivity contribution in [2.75, 3.05) is 26.4 Å². The fourth-order valence-electron chi connectivity index (χ4n) is 4.64. The standard InChI is InChI=1S/C41H70NO8P/c1-3-5-7-9-11-13-15-17-18-19-20-22-24-26-28-30-32-34-41(45)48-37-39(43)38-50-51(46,47)49-36-35-42-40(44)33-31-29-27-25-23-21-16-14-12-10-8-6-4-2/h8,10-11,13-14,16-18,20,22,26,28,39,43H,3-7,9,12,15,19,21,23-25,27,29-38H2,1-2H3,(H,42,44)(H,46,47)/b10-8-,13-11-,16-14-,18-17-,22-20-,28-26-. The van der Waals surface area contributed by atoms with Gasteiger partial charge in [0.1, 0.15) is 12.7 Å². The second kappa shape index (κ2) is 37.2. The summed E-state index contributed by atoms with van der Waals surface area (Å²) < 4.78 is 26.7. The molecule has 0 aromatic heterocycles. The number of rotatable bonds is 35. The fraction of sp³-hybridized carbons (Fsp3) is 0.659. The Morgan fingerprint density at radius 3 is 1.71 bits per heavy atom. The maximum absolute atomic E-state index is 12.1. The smallest absolute Gasteiger partial charge is 0.463 e. The van der Waals surface area contributed by atoms with Gasteiger partial charge in [-0.3, -0.25) is 18.6 Å². The van der Waals surface area contributed by atoms with Gasteiger partial charge >= 0.3 is 13.8 Å². The number of unbranched alkanes of at least 4 members (excludes halogenated alkanes) is 10. The van der Waals surface area contributed by atoms with Gasteiger partial charge in [-0.05, 0) is 77.0 Å². The first-order valence-electron chi connectivity index (χ1n) is 19.4. The van der Waals surface area contributed by atoms with E-state index in [9.17, 15) is 24.2 Å². The molecule has 9 nitrogen and oxygen atoms in total. The van der Waals surface area contributed by atoms with E-state index in [0.29, 0.717) is 12.8 Å². The second-order valence-corrected chi connectivity index (χ2v) is 14.0. The normalized spacial score (nSPS) is 14.2. The monoisotopic (exact) mass is 735 g/mol. The molecular weight excluding hydrogens is 665 g/mol. The number of phosphoric ester groups is 1. The molecule has 0 aliphatic carbocycles. The van der Waals surface area contributed by atoms with Crippen LogP contribution < -0.4 is 5.32 Å². The van der Waals surface area contributed by atoms with Crippen LogP contribution >= 0.6 is 7.82 Å². The van der Waals surface area contributed by atoms with E-state index in [1.54, 1.807) is 0 Å².